The van der Waals surface area contributed by atoms with E-state index in [9.17, 15) is 10.1 Å². The van der Waals surface area contributed by atoms with Gasteiger partial charge in [-0.1, -0.05) is 0 Å². The molecule has 1 fully saturated rings. The first kappa shape index (κ1) is 13.9. The standard InChI is InChI=1S/C13H15N5O2S/c19-18(20)12-1-2-13(14-5-12)16-10-3-4-17(6-10)7-11-8-21-9-15-11/h1-2,5,8-10H,3-4,6-7H2,(H,14,16)/t10-/m1/s1. The third-order valence-corrected chi connectivity index (χ3v) is 4.09. The van der Waals surface area contributed by atoms with E-state index in [1.54, 1.807) is 17.4 Å². The Balaban J connectivity index is 1.53. The van der Waals surface area contributed by atoms with Crippen LogP contribution in [0.3, 0.4) is 0 Å². The molecule has 3 rings (SSSR count). The lowest BCUT2D eigenvalue weighted by molar-refractivity contribution is -0.385. The molecule has 1 N–H and O–H groups in total. The molecule has 0 radical (unpaired) electrons. The van der Waals surface area contributed by atoms with E-state index >= 15 is 0 Å². The van der Waals surface area contributed by atoms with Crippen molar-refractivity contribution in [1.82, 2.24) is 14.9 Å². The molecule has 1 aliphatic rings. The molecular formula is C13H15N5O2S. The summed E-state index contributed by atoms with van der Waals surface area (Å²) >= 11 is 1.61. The Kier molecular flexibility index (Phi) is 4.07. The van der Waals surface area contributed by atoms with E-state index in [2.05, 4.69) is 25.6 Å². The Bertz CT molecular complexity index is 602. The molecule has 1 aliphatic heterocycles. The van der Waals surface area contributed by atoms with Gasteiger partial charge in [0, 0.05) is 37.1 Å². The van der Waals surface area contributed by atoms with Gasteiger partial charge in [-0.15, -0.1) is 11.3 Å². The monoisotopic (exact) mass is 305 g/mol. The highest BCUT2D eigenvalue weighted by Gasteiger charge is 2.23. The average molecular weight is 305 g/mol. The van der Waals surface area contributed by atoms with Crippen LogP contribution in [0.2, 0.25) is 0 Å². The minimum absolute atomic E-state index is 0.0112. The maximum Gasteiger partial charge on any atom is 0.287 e. The molecule has 0 aliphatic carbocycles. The van der Waals surface area contributed by atoms with Crippen molar-refractivity contribution in [3.63, 3.8) is 0 Å². The summed E-state index contributed by atoms with van der Waals surface area (Å²) in [5, 5.41) is 16.0. The Morgan fingerprint density at radius 1 is 1.48 bits per heavy atom. The van der Waals surface area contributed by atoms with Crippen LogP contribution in [-0.4, -0.2) is 38.9 Å². The van der Waals surface area contributed by atoms with Crippen molar-refractivity contribution in [2.45, 2.75) is 19.0 Å². The highest BCUT2D eigenvalue weighted by Crippen LogP contribution is 2.18. The van der Waals surface area contributed by atoms with E-state index in [1.807, 2.05) is 5.51 Å². The van der Waals surface area contributed by atoms with Gasteiger partial charge in [-0.05, 0) is 12.5 Å². The summed E-state index contributed by atoms with van der Waals surface area (Å²) in [5.74, 6) is 0.682. The first-order chi connectivity index (χ1) is 10.2. The lowest BCUT2D eigenvalue weighted by Gasteiger charge is -2.15. The average Bonchev–Trinajstić information content (AvgIpc) is 3.12. The summed E-state index contributed by atoms with van der Waals surface area (Å²) in [4.78, 5) is 20.9. The Hall–Kier alpha value is -2.06. The molecule has 0 unspecified atom stereocenters. The highest BCUT2D eigenvalue weighted by atomic mass is 32.1. The van der Waals surface area contributed by atoms with Gasteiger partial charge in [0.25, 0.3) is 5.69 Å². The minimum Gasteiger partial charge on any atom is -0.366 e. The number of nitrogens with one attached hydrogen (secondary N) is 1. The van der Waals surface area contributed by atoms with Gasteiger partial charge in [-0.25, -0.2) is 9.97 Å². The number of likely N-dealkylation sites (tertiary alicyclic amines) is 1. The molecule has 8 heteroatoms. The summed E-state index contributed by atoms with van der Waals surface area (Å²) in [6, 6.07) is 3.44. The van der Waals surface area contributed by atoms with Crippen molar-refractivity contribution in [3.8, 4) is 0 Å². The second kappa shape index (κ2) is 6.15. The van der Waals surface area contributed by atoms with Crippen molar-refractivity contribution in [3.05, 3.63) is 45.0 Å². The Morgan fingerprint density at radius 2 is 2.38 bits per heavy atom. The van der Waals surface area contributed by atoms with Crippen molar-refractivity contribution < 1.29 is 4.92 Å². The smallest absolute Gasteiger partial charge is 0.287 e. The third kappa shape index (κ3) is 3.53. The van der Waals surface area contributed by atoms with Crippen LogP contribution >= 0.6 is 11.3 Å². The van der Waals surface area contributed by atoms with Crippen LogP contribution in [0, 0.1) is 10.1 Å². The molecule has 21 heavy (non-hydrogen) atoms. The van der Waals surface area contributed by atoms with E-state index in [4.69, 9.17) is 0 Å². The van der Waals surface area contributed by atoms with Gasteiger partial charge >= 0.3 is 0 Å². The van der Waals surface area contributed by atoms with E-state index < -0.39 is 4.92 Å². The van der Waals surface area contributed by atoms with Crippen molar-refractivity contribution in [1.29, 1.82) is 0 Å². The first-order valence-corrected chi connectivity index (χ1v) is 7.61. The maximum atomic E-state index is 10.6. The zero-order valence-electron chi connectivity index (χ0n) is 11.3. The van der Waals surface area contributed by atoms with E-state index in [1.165, 1.54) is 12.3 Å². The number of nitro groups is 1. The van der Waals surface area contributed by atoms with Gasteiger partial charge in [-0.2, -0.15) is 0 Å². The molecule has 0 spiro atoms. The quantitative estimate of drug-likeness (QED) is 0.673. The lowest BCUT2D eigenvalue weighted by Crippen LogP contribution is -2.26. The summed E-state index contributed by atoms with van der Waals surface area (Å²) in [6.07, 6.45) is 2.31. The number of hydrogen-bond acceptors (Lipinski definition) is 7. The van der Waals surface area contributed by atoms with Crippen LogP contribution in [0.15, 0.2) is 29.2 Å². The Morgan fingerprint density at radius 3 is 3.05 bits per heavy atom. The normalized spacial score (nSPS) is 18.8. The number of pyridine rings is 1. The highest BCUT2D eigenvalue weighted by molar-refractivity contribution is 7.07. The van der Waals surface area contributed by atoms with Gasteiger partial charge in [0.05, 0.1) is 16.1 Å². The van der Waals surface area contributed by atoms with Gasteiger partial charge in [-0.3, -0.25) is 15.0 Å². The molecule has 1 saturated heterocycles. The molecule has 0 amide bonds. The number of anilines is 1. The summed E-state index contributed by atoms with van der Waals surface area (Å²) in [7, 11) is 0. The second-order valence-corrected chi connectivity index (χ2v) is 5.72. The van der Waals surface area contributed by atoms with Crippen LogP contribution in [-0.2, 0) is 6.54 Å². The number of nitrogens with zero attached hydrogens (tertiary/aromatic N) is 4. The van der Waals surface area contributed by atoms with E-state index in [0.29, 0.717) is 11.9 Å². The summed E-state index contributed by atoms with van der Waals surface area (Å²) < 4.78 is 0. The van der Waals surface area contributed by atoms with Gasteiger partial charge < -0.3 is 5.32 Å². The third-order valence-electron chi connectivity index (χ3n) is 3.45. The minimum atomic E-state index is -0.443. The van der Waals surface area contributed by atoms with Crippen LogP contribution in [0.4, 0.5) is 11.5 Å². The van der Waals surface area contributed by atoms with Crippen LogP contribution < -0.4 is 5.32 Å². The number of hydrogen-bond donors (Lipinski definition) is 1. The molecule has 2 aromatic rings. The maximum absolute atomic E-state index is 10.6. The van der Waals surface area contributed by atoms with E-state index in [-0.39, 0.29) is 5.69 Å². The summed E-state index contributed by atoms with van der Waals surface area (Å²) in [5.41, 5.74) is 2.97. The van der Waals surface area contributed by atoms with Crippen molar-refractivity contribution in [2.75, 3.05) is 18.4 Å². The molecule has 1 atom stereocenters. The largest absolute Gasteiger partial charge is 0.366 e. The summed E-state index contributed by atoms with van der Waals surface area (Å²) in [6.45, 7) is 2.81. The van der Waals surface area contributed by atoms with E-state index in [0.717, 1.165) is 31.7 Å². The fraction of sp³-hybridized carbons (Fsp3) is 0.385. The fourth-order valence-corrected chi connectivity index (χ4v) is 2.98. The topological polar surface area (TPSA) is 84.2 Å². The molecule has 0 bridgehead atoms. The second-order valence-electron chi connectivity index (χ2n) is 5.00. The Labute approximate surface area is 125 Å². The van der Waals surface area contributed by atoms with Crippen molar-refractivity contribution >= 4 is 22.8 Å². The zero-order valence-corrected chi connectivity index (χ0v) is 12.1. The molecule has 7 nitrogen and oxygen atoms in total. The van der Waals surface area contributed by atoms with Crippen LogP contribution in [0.25, 0.3) is 0 Å². The zero-order chi connectivity index (χ0) is 14.7. The van der Waals surface area contributed by atoms with Crippen molar-refractivity contribution in [2.24, 2.45) is 0 Å². The van der Waals surface area contributed by atoms with Gasteiger partial charge in [0.15, 0.2) is 0 Å². The SMILES string of the molecule is O=[N+]([O-])c1ccc(N[C@@H]2CCN(Cc3cscn3)C2)nc1. The molecular weight excluding hydrogens is 290 g/mol. The molecule has 0 saturated carbocycles. The number of thiazole rings is 1. The predicted molar refractivity (Wildman–Crippen MR) is 80.3 cm³/mol. The van der Waals surface area contributed by atoms with Crippen LogP contribution in [0.5, 0.6) is 0 Å². The molecule has 110 valence electrons. The van der Waals surface area contributed by atoms with Gasteiger partial charge in [0.2, 0.25) is 0 Å². The fourth-order valence-electron chi connectivity index (χ4n) is 2.43. The number of rotatable bonds is 5. The first-order valence-electron chi connectivity index (χ1n) is 6.67. The molecule has 0 aromatic carbocycles. The molecule has 2 aromatic heterocycles. The molecule has 3 heterocycles. The lowest BCUT2D eigenvalue weighted by atomic mass is 10.2. The number of aromatic nitrogens is 2. The van der Waals surface area contributed by atoms with Gasteiger partial charge in [0.1, 0.15) is 12.0 Å². The predicted octanol–water partition coefficient (Wildman–Crippen LogP) is 2.13. The van der Waals surface area contributed by atoms with Crippen LogP contribution in [0.1, 0.15) is 12.1 Å².